The first-order valence-electron chi connectivity index (χ1n) is 9.47. The standard InChI is InChI=1S/C22H24N2O3/c1-27-19-9-7-18(8-10-19)24-21(25)15-20(22(24)26)23-13-11-17(12-14-23)16-5-3-2-4-6-16/h2-10,17,20H,11-15H2,1H3. The van der Waals surface area contributed by atoms with E-state index in [0.717, 1.165) is 25.9 Å². The van der Waals surface area contributed by atoms with E-state index in [9.17, 15) is 9.59 Å². The Bertz CT molecular complexity index is 811. The number of rotatable bonds is 4. The highest BCUT2D eigenvalue weighted by Gasteiger charge is 2.43. The summed E-state index contributed by atoms with van der Waals surface area (Å²) in [4.78, 5) is 29.0. The van der Waals surface area contributed by atoms with Crippen LogP contribution in [-0.4, -0.2) is 43.0 Å². The van der Waals surface area contributed by atoms with Crippen molar-refractivity contribution in [2.45, 2.75) is 31.2 Å². The molecule has 2 aromatic rings. The second-order valence-electron chi connectivity index (χ2n) is 7.21. The van der Waals surface area contributed by atoms with Crippen molar-refractivity contribution in [2.24, 2.45) is 0 Å². The predicted molar refractivity (Wildman–Crippen MR) is 104 cm³/mol. The van der Waals surface area contributed by atoms with Gasteiger partial charge in [0.05, 0.1) is 25.3 Å². The topological polar surface area (TPSA) is 49.9 Å². The molecule has 2 heterocycles. The van der Waals surface area contributed by atoms with Crippen LogP contribution >= 0.6 is 0 Å². The van der Waals surface area contributed by atoms with Gasteiger partial charge >= 0.3 is 0 Å². The molecule has 5 heteroatoms. The fourth-order valence-corrected chi connectivity index (χ4v) is 4.17. The van der Waals surface area contributed by atoms with E-state index in [1.165, 1.54) is 10.5 Å². The molecule has 0 spiro atoms. The largest absolute Gasteiger partial charge is 0.497 e. The van der Waals surface area contributed by atoms with Gasteiger partial charge in [-0.1, -0.05) is 30.3 Å². The summed E-state index contributed by atoms with van der Waals surface area (Å²) in [6.45, 7) is 1.69. The Morgan fingerprint density at radius 2 is 1.59 bits per heavy atom. The fourth-order valence-electron chi connectivity index (χ4n) is 4.17. The zero-order valence-corrected chi connectivity index (χ0v) is 15.5. The van der Waals surface area contributed by atoms with Crippen molar-refractivity contribution in [3.8, 4) is 5.75 Å². The third kappa shape index (κ3) is 3.47. The first-order chi connectivity index (χ1) is 13.2. The molecule has 140 valence electrons. The number of hydrogen-bond acceptors (Lipinski definition) is 4. The van der Waals surface area contributed by atoms with Gasteiger partial charge in [0.25, 0.3) is 5.91 Å². The molecule has 2 aliphatic rings. The van der Waals surface area contributed by atoms with Crippen LogP contribution in [0.4, 0.5) is 5.69 Å². The van der Waals surface area contributed by atoms with E-state index >= 15 is 0 Å². The second-order valence-corrected chi connectivity index (χ2v) is 7.21. The molecule has 2 fully saturated rings. The lowest BCUT2D eigenvalue weighted by Gasteiger charge is -2.35. The zero-order chi connectivity index (χ0) is 18.8. The number of nitrogens with zero attached hydrogens (tertiary/aromatic N) is 2. The molecular formula is C22H24N2O3. The van der Waals surface area contributed by atoms with Crippen LogP contribution in [0.25, 0.3) is 0 Å². The van der Waals surface area contributed by atoms with Crippen molar-refractivity contribution >= 4 is 17.5 Å². The third-order valence-corrected chi connectivity index (χ3v) is 5.69. The Kier molecular flexibility index (Phi) is 4.94. The second kappa shape index (κ2) is 7.53. The summed E-state index contributed by atoms with van der Waals surface area (Å²) >= 11 is 0. The highest BCUT2D eigenvalue weighted by molar-refractivity contribution is 6.22. The van der Waals surface area contributed by atoms with Crippen LogP contribution in [0.1, 0.15) is 30.7 Å². The third-order valence-electron chi connectivity index (χ3n) is 5.69. The van der Waals surface area contributed by atoms with Crippen molar-refractivity contribution in [2.75, 3.05) is 25.1 Å². The van der Waals surface area contributed by atoms with E-state index < -0.39 is 0 Å². The number of piperidine rings is 1. The molecule has 2 saturated heterocycles. The first kappa shape index (κ1) is 17.7. The van der Waals surface area contributed by atoms with Crippen molar-refractivity contribution in [1.82, 2.24) is 4.90 Å². The van der Waals surface area contributed by atoms with Gasteiger partial charge in [0.2, 0.25) is 5.91 Å². The average Bonchev–Trinajstić information content (AvgIpc) is 3.03. The van der Waals surface area contributed by atoms with E-state index in [4.69, 9.17) is 4.74 Å². The lowest BCUT2D eigenvalue weighted by atomic mass is 9.89. The first-order valence-corrected chi connectivity index (χ1v) is 9.47. The number of benzene rings is 2. The van der Waals surface area contributed by atoms with E-state index in [0.29, 0.717) is 17.4 Å². The summed E-state index contributed by atoms with van der Waals surface area (Å²) in [6, 6.07) is 17.3. The van der Waals surface area contributed by atoms with Crippen molar-refractivity contribution < 1.29 is 14.3 Å². The minimum atomic E-state index is -0.337. The highest BCUT2D eigenvalue weighted by atomic mass is 16.5. The van der Waals surface area contributed by atoms with Gasteiger partial charge in [0.15, 0.2) is 0 Å². The summed E-state index contributed by atoms with van der Waals surface area (Å²) in [6.07, 6.45) is 2.30. The Labute approximate surface area is 159 Å². The number of imide groups is 1. The van der Waals surface area contributed by atoms with Gasteiger partial charge in [-0.05, 0) is 61.7 Å². The maximum atomic E-state index is 13.0. The number of anilines is 1. The van der Waals surface area contributed by atoms with Crippen LogP contribution in [0.5, 0.6) is 5.75 Å². The van der Waals surface area contributed by atoms with Gasteiger partial charge in [-0.2, -0.15) is 0 Å². The Balaban J connectivity index is 1.43. The normalized spacial score (nSPS) is 21.7. The lowest BCUT2D eigenvalue weighted by molar-refractivity contribution is -0.123. The molecule has 0 aromatic heterocycles. The molecule has 5 nitrogen and oxygen atoms in total. The summed E-state index contributed by atoms with van der Waals surface area (Å²) in [5.74, 6) is 1.01. The predicted octanol–water partition coefficient (Wildman–Crippen LogP) is 3.21. The van der Waals surface area contributed by atoms with E-state index in [2.05, 4.69) is 29.2 Å². The number of methoxy groups -OCH3 is 1. The number of amides is 2. The van der Waals surface area contributed by atoms with E-state index in [1.807, 2.05) is 6.07 Å². The maximum Gasteiger partial charge on any atom is 0.251 e. The number of ether oxygens (including phenoxy) is 1. The van der Waals surface area contributed by atoms with E-state index in [-0.39, 0.29) is 24.3 Å². The van der Waals surface area contributed by atoms with Crippen LogP contribution in [0.2, 0.25) is 0 Å². The molecule has 2 aromatic carbocycles. The molecule has 0 N–H and O–H groups in total. The number of hydrogen-bond donors (Lipinski definition) is 0. The molecule has 1 atom stereocenters. The van der Waals surface area contributed by atoms with Gasteiger partial charge in [-0.25, -0.2) is 4.90 Å². The molecule has 0 aliphatic carbocycles. The highest BCUT2D eigenvalue weighted by Crippen LogP contribution is 2.32. The molecule has 27 heavy (non-hydrogen) atoms. The molecule has 2 amide bonds. The van der Waals surface area contributed by atoms with Gasteiger partial charge < -0.3 is 4.74 Å². The van der Waals surface area contributed by atoms with Crippen LogP contribution in [0.15, 0.2) is 54.6 Å². The quantitative estimate of drug-likeness (QED) is 0.782. The van der Waals surface area contributed by atoms with Crippen molar-refractivity contribution in [3.63, 3.8) is 0 Å². The SMILES string of the molecule is COc1ccc(N2C(=O)CC(N3CCC(c4ccccc4)CC3)C2=O)cc1. The van der Waals surface area contributed by atoms with Crippen LogP contribution in [-0.2, 0) is 9.59 Å². The van der Waals surface area contributed by atoms with E-state index in [1.54, 1.807) is 31.4 Å². The van der Waals surface area contributed by atoms with Crippen LogP contribution in [0, 0.1) is 0 Å². The Morgan fingerprint density at radius 3 is 2.22 bits per heavy atom. The van der Waals surface area contributed by atoms with Crippen LogP contribution in [0.3, 0.4) is 0 Å². The minimum Gasteiger partial charge on any atom is -0.497 e. The van der Waals surface area contributed by atoms with Crippen molar-refractivity contribution in [1.29, 1.82) is 0 Å². The Hall–Kier alpha value is -2.66. The van der Waals surface area contributed by atoms with Gasteiger partial charge in [0, 0.05) is 0 Å². The molecule has 0 radical (unpaired) electrons. The molecular weight excluding hydrogens is 340 g/mol. The minimum absolute atomic E-state index is 0.108. The molecule has 1 unspecified atom stereocenters. The zero-order valence-electron chi connectivity index (χ0n) is 15.5. The maximum absolute atomic E-state index is 13.0. The van der Waals surface area contributed by atoms with Crippen molar-refractivity contribution in [3.05, 3.63) is 60.2 Å². The summed E-state index contributed by atoms with van der Waals surface area (Å²) in [5, 5.41) is 0. The summed E-state index contributed by atoms with van der Waals surface area (Å²) in [7, 11) is 1.59. The average molecular weight is 364 g/mol. The molecule has 4 rings (SSSR count). The fraction of sp³-hybridized carbons (Fsp3) is 0.364. The molecule has 2 aliphatic heterocycles. The number of carbonyl (C=O) groups is 2. The monoisotopic (exact) mass is 364 g/mol. The van der Waals surface area contributed by atoms with Gasteiger partial charge in [-0.15, -0.1) is 0 Å². The smallest absolute Gasteiger partial charge is 0.251 e. The number of likely N-dealkylation sites (tertiary alicyclic amines) is 1. The van der Waals surface area contributed by atoms with Gasteiger partial charge in [-0.3, -0.25) is 14.5 Å². The number of carbonyl (C=O) groups excluding carboxylic acids is 2. The molecule has 0 saturated carbocycles. The summed E-state index contributed by atoms with van der Waals surface area (Å²) < 4.78 is 5.15. The van der Waals surface area contributed by atoms with Crippen LogP contribution < -0.4 is 9.64 Å². The Morgan fingerprint density at radius 1 is 0.926 bits per heavy atom. The van der Waals surface area contributed by atoms with Gasteiger partial charge in [0.1, 0.15) is 5.75 Å². The molecule has 0 bridgehead atoms. The lowest BCUT2D eigenvalue weighted by Crippen LogP contribution is -2.45. The summed E-state index contributed by atoms with van der Waals surface area (Å²) in [5.41, 5.74) is 1.98.